The van der Waals surface area contributed by atoms with Gasteiger partial charge in [0.05, 0.1) is 25.3 Å². The highest BCUT2D eigenvalue weighted by atomic mass is 79.9. The molecular weight excluding hydrogens is 320 g/mol. The van der Waals surface area contributed by atoms with Crippen molar-refractivity contribution in [1.29, 1.82) is 0 Å². The van der Waals surface area contributed by atoms with Gasteiger partial charge >= 0.3 is 0 Å². The fraction of sp³-hybridized carbons (Fsp3) is 0.133. The summed E-state index contributed by atoms with van der Waals surface area (Å²) >= 11 is 3.47. The number of H-pyrrole nitrogens is 1. The lowest BCUT2D eigenvalue weighted by Crippen LogP contribution is -1.89. The molecule has 0 amide bonds. The van der Waals surface area contributed by atoms with Crippen molar-refractivity contribution in [2.75, 3.05) is 14.2 Å². The Balaban J connectivity index is 2.15. The Morgan fingerprint density at radius 1 is 1.05 bits per heavy atom. The molecule has 0 aliphatic carbocycles. The maximum atomic E-state index is 5.30. The van der Waals surface area contributed by atoms with Crippen molar-refractivity contribution >= 4 is 27.0 Å². The molecule has 0 bridgehead atoms. The Hall–Kier alpha value is -2.01. The normalized spacial score (nSPS) is 10.8. The van der Waals surface area contributed by atoms with Crippen LogP contribution in [0.2, 0.25) is 0 Å². The topological polar surface area (TPSA) is 47.1 Å². The summed E-state index contributed by atoms with van der Waals surface area (Å²) in [6.07, 6.45) is 0. The highest BCUT2D eigenvalue weighted by Gasteiger charge is 2.11. The first-order valence-electron chi connectivity index (χ1n) is 6.09. The minimum Gasteiger partial charge on any atom is -0.493 e. The van der Waals surface area contributed by atoms with Crippen molar-refractivity contribution in [2.24, 2.45) is 0 Å². The molecule has 3 aromatic rings. The predicted molar refractivity (Wildman–Crippen MR) is 82.3 cm³/mol. The molecule has 0 fully saturated rings. The van der Waals surface area contributed by atoms with Crippen LogP contribution in [0.15, 0.2) is 40.9 Å². The fourth-order valence-corrected chi connectivity index (χ4v) is 2.51. The summed E-state index contributed by atoms with van der Waals surface area (Å²) < 4.78 is 11.6. The van der Waals surface area contributed by atoms with Crippen molar-refractivity contribution in [2.45, 2.75) is 0 Å². The number of hydrogen-bond donors (Lipinski definition) is 1. The molecule has 1 heterocycles. The van der Waals surface area contributed by atoms with Crippen molar-refractivity contribution < 1.29 is 9.47 Å². The summed E-state index contributed by atoms with van der Waals surface area (Å²) in [5.41, 5.74) is 2.78. The van der Waals surface area contributed by atoms with E-state index in [0.717, 1.165) is 26.9 Å². The van der Waals surface area contributed by atoms with Crippen LogP contribution >= 0.6 is 15.9 Å². The van der Waals surface area contributed by atoms with Gasteiger partial charge in [-0.25, -0.2) is 4.98 Å². The van der Waals surface area contributed by atoms with Gasteiger partial charge in [0.15, 0.2) is 11.5 Å². The van der Waals surface area contributed by atoms with Gasteiger partial charge in [-0.3, -0.25) is 0 Å². The summed E-state index contributed by atoms with van der Waals surface area (Å²) in [5, 5.41) is 0. The number of nitrogens with one attached hydrogen (secondary N) is 1. The average molecular weight is 333 g/mol. The van der Waals surface area contributed by atoms with E-state index in [-0.39, 0.29) is 0 Å². The molecule has 2 aromatic carbocycles. The molecule has 0 aliphatic heterocycles. The zero-order chi connectivity index (χ0) is 14.1. The van der Waals surface area contributed by atoms with Crippen LogP contribution in [0.4, 0.5) is 0 Å². The van der Waals surface area contributed by atoms with E-state index in [9.17, 15) is 0 Å². The third kappa shape index (κ3) is 2.25. The minimum atomic E-state index is 0.673. The molecule has 20 heavy (non-hydrogen) atoms. The van der Waals surface area contributed by atoms with Gasteiger partial charge in [0.1, 0.15) is 5.82 Å². The van der Waals surface area contributed by atoms with Crippen LogP contribution in [-0.4, -0.2) is 24.2 Å². The molecule has 1 aromatic heterocycles. The van der Waals surface area contributed by atoms with Crippen LogP contribution in [0.3, 0.4) is 0 Å². The zero-order valence-electron chi connectivity index (χ0n) is 11.1. The fourth-order valence-electron chi connectivity index (χ4n) is 2.11. The van der Waals surface area contributed by atoms with Crippen LogP contribution < -0.4 is 9.47 Å². The van der Waals surface area contributed by atoms with Gasteiger partial charge < -0.3 is 14.5 Å². The number of methoxy groups -OCH3 is 2. The number of aromatic nitrogens is 2. The maximum Gasteiger partial charge on any atom is 0.163 e. The summed E-state index contributed by atoms with van der Waals surface area (Å²) in [6, 6.07) is 11.8. The molecule has 0 aliphatic rings. The molecule has 0 atom stereocenters. The number of fused-ring (bicyclic) bond motifs is 1. The molecule has 0 saturated heterocycles. The van der Waals surface area contributed by atoms with Crippen LogP contribution in [-0.2, 0) is 0 Å². The molecule has 0 spiro atoms. The van der Waals surface area contributed by atoms with E-state index in [1.54, 1.807) is 14.2 Å². The largest absolute Gasteiger partial charge is 0.493 e. The Morgan fingerprint density at radius 3 is 2.50 bits per heavy atom. The van der Waals surface area contributed by atoms with E-state index >= 15 is 0 Å². The summed E-state index contributed by atoms with van der Waals surface area (Å²) in [4.78, 5) is 7.89. The molecule has 102 valence electrons. The second-order valence-corrected chi connectivity index (χ2v) is 5.24. The van der Waals surface area contributed by atoms with Gasteiger partial charge in [0, 0.05) is 22.2 Å². The SMILES string of the molecule is COc1cc2nc(-c3cccc(Br)c3)[nH]c2cc1OC. The smallest absolute Gasteiger partial charge is 0.163 e. The third-order valence-corrected chi connectivity index (χ3v) is 3.58. The molecule has 0 saturated carbocycles. The average Bonchev–Trinajstić information content (AvgIpc) is 2.88. The van der Waals surface area contributed by atoms with Gasteiger partial charge in [-0.05, 0) is 12.1 Å². The number of imidazole rings is 1. The summed E-state index contributed by atoms with van der Waals surface area (Å²) in [5.74, 6) is 2.17. The van der Waals surface area contributed by atoms with Crippen molar-refractivity contribution in [1.82, 2.24) is 9.97 Å². The Kier molecular flexibility index (Phi) is 3.36. The second-order valence-electron chi connectivity index (χ2n) is 4.32. The number of hydrogen-bond acceptors (Lipinski definition) is 3. The first-order valence-corrected chi connectivity index (χ1v) is 6.88. The van der Waals surface area contributed by atoms with Gasteiger partial charge in [0.2, 0.25) is 0 Å². The lowest BCUT2D eigenvalue weighted by Gasteiger charge is -2.06. The molecule has 1 N–H and O–H groups in total. The number of halogens is 1. The predicted octanol–water partition coefficient (Wildman–Crippen LogP) is 4.01. The Morgan fingerprint density at radius 2 is 1.80 bits per heavy atom. The minimum absolute atomic E-state index is 0.673. The molecule has 0 unspecified atom stereocenters. The van der Waals surface area contributed by atoms with Crippen LogP contribution in [0, 0.1) is 0 Å². The maximum absolute atomic E-state index is 5.30. The molecular formula is C15H13BrN2O2. The van der Waals surface area contributed by atoms with E-state index in [1.807, 2.05) is 36.4 Å². The molecule has 5 heteroatoms. The molecule has 0 radical (unpaired) electrons. The lowest BCUT2D eigenvalue weighted by molar-refractivity contribution is 0.356. The zero-order valence-corrected chi connectivity index (χ0v) is 12.7. The number of rotatable bonds is 3. The highest BCUT2D eigenvalue weighted by Crippen LogP contribution is 2.32. The van der Waals surface area contributed by atoms with Crippen molar-refractivity contribution in [3.63, 3.8) is 0 Å². The summed E-state index contributed by atoms with van der Waals surface area (Å²) in [6.45, 7) is 0. The van der Waals surface area contributed by atoms with E-state index in [4.69, 9.17) is 9.47 Å². The molecule has 4 nitrogen and oxygen atoms in total. The van der Waals surface area contributed by atoms with Crippen LogP contribution in [0.25, 0.3) is 22.4 Å². The molecule has 3 rings (SSSR count). The van der Waals surface area contributed by atoms with E-state index in [0.29, 0.717) is 11.5 Å². The first-order chi connectivity index (χ1) is 9.71. The van der Waals surface area contributed by atoms with Gasteiger partial charge in [0.25, 0.3) is 0 Å². The highest BCUT2D eigenvalue weighted by molar-refractivity contribution is 9.10. The van der Waals surface area contributed by atoms with Crippen LogP contribution in [0.5, 0.6) is 11.5 Å². The quantitative estimate of drug-likeness (QED) is 0.788. The van der Waals surface area contributed by atoms with Gasteiger partial charge in [-0.2, -0.15) is 0 Å². The van der Waals surface area contributed by atoms with E-state index in [1.165, 1.54) is 0 Å². The number of aromatic amines is 1. The van der Waals surface area contributed by atoms with Crippen LogP contribution in [0.1, 0.15) is 0 Å². The van der Waals surface area contributed by atoms with Gasteiger partial charge in [-0.1, -0.05) is 28.1 Å². The number of ether oxygens (including phenoxy) is 2. The Labute approximate surface area is 124 Å². The van der Waals surface area contributed by atoms with Gasteiger partial charge in [-0.15, -0.1) is 0 Å². The van der Waals surface area contributed by atoms with E-state index < -0.39 is 0 Å². The summed E-state index contributed by atoms with van der Waals surface area (Å²) in [7, 11) is 3.24. The van der Waals surface area contributed by atoms with Crippen molar-refractivity contribution in [3.8, 4) is 22.9 Å². The second kappa shape index (κ2) is 5.17. The number of benzene rings is 2. The Bertz CT molecular complexity index is 727. The lowest BCUT2D eigenvalue weighted by atomic mass is 10.2. The monoisotopic (exact) mass is 332 g/mol. The van der Waals surface area contributed by atoms with Crippen molar-refractivity contribution in [3.05, 3.63) is 40.9 Å². The first kappa shape index (κ1) is 13.0. The van der Waals surface area contributed by atoms with E-state index in [2.05, 4.69) is 25.9 Å². The number of nitrogens with zero attached hydrogens (tertiary/aromatic N) is 1. The third-order valence-electron chi connectivity index (χ3n) is 3.09. The standard InChI is InChI=1S/C15H13BrN2O2/c1-19-13-7-11-12(8-14(13)20-2)18-15(17-11)9-4-3-5-10(16)6-9/h3-8H,1-2H3,(H,17,18).